The Morgan fingerprint density at radius 2 is 1.71 bits per heavy atom. The van der Waals surface area contributed by atoms with Crippen molar-refractivity contribution in [3.8, 4) is 0 Å². The summed E-state index contributed by atoms with van der Waals surface area (Å²) < 4.78 is 6.01. The van der Waals surface area contributed by atoms with E-state index in [0.717, 1.165) is 51.0 Å². The van der Waals surface area contributed by atoms with E-state index >= 15 is 0 Å². The van der Waals surface area contributed by atoms with E-state index < -0.39 is 0 Å². The number of benzene rings is 2. The Balaban J connectivity index is 0.00000225. The normalized spacial score (nSPS) is 23.9. The maximum Gasteiger partial charge on any atom is 0.310 e. The fourth-order valence-corrected chi connectivity index (χ4v) is 4.51. The van der Waals surface area contributed by atoms with Gasteiger partial charge in [0.15, 0.2) is 0 Å². The number of hydrogen-bond donors (Lipinski definition) is 0. The predicted molar refractivity (Wildman–Crippen MR) is 109 cm³/mol. The second-order valence-corrected chi connectivity index (χ2v) is 8.08. The standard InChI is InChI=1S/C23H30N2O2.ClH/c1-24-12-14-25(15-13-24)21-8-4-5-9-22(21)27-23(26)17-18-10-11-19-6-2-3-7-20(19)16-18;/h2-3,6-7,10-11,16,21-22H,4-5,8-9,12-15,17H2,1H3;1H/p-1. The van der Waals surface area contributed by atoms with Crippen LogP contribution >= 0.6 is 0 Å². The van der Waals surface area contributed by atoms with Crippen LogP contribution in [-0.4, -0.2) is 61.1 Å². The summed E-state index contributed by atoms with van der Waals surface area (Å²) in [6, 6.07) is 14.9. The van der Waals surface area contributed by atoms with Gasteiger partial charge in [-0.05, 0) is 42.6 Å². The first-order chi connectivity index (χ1) is 13.2. The summed E-state index contributed by atoms with van der Waals surface area (Å²) in [6.45, 7) is 4.38. The van der Waals surface area contributed by atoms with E-state index in [1.54, 1.807) is 0 Å². The summed E-state index contributed by atoms with van der Waals surface area (Å²) in [5, 5.41) is 2.38. The van der Waals surface area contributed by atoms with E-state index in [1.165, 1.54) is 17.2 Å². The summed E-state index contributed by atoms with van der Waals surface area (Å²) in [5.41, 5.74) is 1.03. The van der Waals surface area contributed by atoms with Crippen molar-refractivity contribution in [3.63, 3.8) is 0 Å². The molecule has 1 heterocycles. The van der Waals surface area contributed by atoms with Crippen molar-refractivity contribution >= 4 is 16.7 Å². The number of carbonyl (C=O) groups is 1. The molecule has 2 aromatic rings. The average molecular weight is 402 g/mol. The molecule has 1 saturated heterocycles. The van der Waals surface area contributed by atoms with E-state index in [9.17, 15) is 4.79 Å². The van der Waals surface area contributed by atoms with Crippen LogP contribution in [0.4, 0.5) is 0 Å². The number of esters is 1. The number of rotatable bonds is 4. The third-order valence-corrected chi connectivity index (χ3v) is 6.12. The lowest BCUT2D eigenvalue weighted by Gasteiger charge is -2.43. The second-order valence-electron chi connectivity index (χ2n) is 8.08. The molecule has 2 aromatic carbocycles. The molecule has 0 aromatic heterocycles. The van der Waals surface area contributed by atoms with Crippen LogP contribution in [-0.2, 0) is 16.0 Å². The van der Waals surface area contributed by atoms with Gasteiger partial charge in [0.2, 0.25) is 0 Å². The van der Waals surface area contributed by atoms with Gasteiger partial charge in [0.05, 0.1) is 6.42 Å². The van der Waals surface area contributed by atoms with Gasteiger partial charge in [0.1, 0.15) is 6.10 Å². The first-order valence-electron chi connectivity index (χ1n) is 10.3. The topological polar surface area (TPSA) is 32.8 Å². The molecule has 2 aliphatic rings. The lowest BCUT2D eigenvalue weighted by molar-refractivity contribution is -0.154. The summed E-state index contributed by atoms with van der Waals surface area (Å²) in [6.07, 6.45) is 4.97. The summed E-state index contributed by atoms with van der Waals surface area (Å²) in [7, 11) is 2.18. The van der Waals surface area contributed by atoms with Crippen LogP contribution in [0, 0.1) is 0 Å². The van der Waals surface area contributed by atoms with Crippen LogP contribution in [0.15, 0.2) is 42.5 Å². The zero-order valence-corrected chi connectivity index (χ0v) is 17.4. The van der Waals surface area contributed by atoms with E-state index in [2.05, 4.69) is 41.1 Å². The van der Waals surface area contributed by atoms with Crippen LogP contribution in [0.1, 0.15) is 31.2 Å². The molecule has 0 spiro atoms. The van der Waals surface area contributed by atoms with Crippen molar-refractivity contribution in [2.45, 2.75) is 44.2 Å². The number of ether oxygens (including phenoxy) is 1. The van der Waals surface area contributed by atoms with E-state index in [0.29, 0.717) is 12.5 Å². The number of nitrogens with zero attached hydrogens (tertiary/aromatic N) is 2. The molecule has 0 N–H and O–H groups in total. The Morgan fingerprint density at radius 3 is 2.50 bits per heavy atom. The zero-order chi connectivity index (χ0) is 18.6. The lowest BCUT2D eigenvalue weighted by Crippen LogP contribution is -3.00. The Kier molecular flexibility index (Phi) is 7.33. The fourth-order valence-electron chi connectivity index (χ4n) is 4.51. The monoisotopic (exact) mass is 401 g/mol. The SMILES string of the molecule is CN1CCN(C2CCCCC2OC(=O)Cc2ccc3ccccc3c2)CC1.[Cl-]. The number of fused-ring (bicyclic) bond motifs is 1. The van der Waals surface area contributed by atoms with Gasteiger partial charge < -0.3 is 22.0 Å². The number of halogens is 1. The summed E-state index contributed by atoms with van der Waals surface area (Å²) in [5.74, 6) is -0.0868. The fraction of sp³-hybridized carbons (Fsp3) is 0.522. The molecule has 152 valence electrons. The molecule has 4 nitrogen and oxygen atoms in total. The minimum absolute atomic E-state index is 0. The van der Waals surface area contributed by atoms with Gasteiger partial charge >= 0.3 is 5.97 Å². The van der Waals surface area contributed by atoms with Gasteiger partial charge in [-0.3, -0.25) is 9.69 Å². The van der Waals surface area contributed by atoms with E-state index in [1.807, 2.05) is 18.2 Å². The first kappa shape index (κ1) is 21.1. The van der Waals surface area contributed by atoms with Gasteiger partial charge in [-0.15, -0.1) is 0 Å². The molecule has 1 saturated carbocycles. The molecule has 1 aliphatic carbocycles. The second kappa shape index (κ2) is 9.73. The molecule has 2 atom stereocenters. The highest BCUT2D eigenvalue weighted by Gasteiger charge is 2.33. The molecule has 2 fully saturated rings. The molecule has 0 amide bonds. The maximum absolute atomic E-state index is 12.6. The van der Waals surface area contributed by atoms with Crippen molar-refractivity contribution in [2.75, 3.05) is 33.2 Å². The van der Waals surface area contributed by atoms with Crippen molar-refractivity contribution in [1.29, 1.82) is 0 Å². The highest BCUT2D eigenvalue weighted by molar-refractivity contribution is 5.84. The predicted octanol–water partition coefficient (Wildman–Crippen LogP) is 0.488. The van der Waals surface area contributed by atoms with Gasteiger partial charge in [0, 0.05) is 32.2 Å². The summed E-state index contributed by atoms with van der Waals surface area (Å²) >= 11 is 0. The zero-order valence-electron chi connectivity index (χ0n) is 16.6. The molecule has 0 bridgehead atoms. The quantitative estimate of drug-likeness (QED) is 0.698. The Morgan fingerprint density at radius 1 is 1.00 bits per heavy atom. The highest BCUT2D eigenvalue weighted by Crippen LogP contribution is 2.27. The van der Waals surface area contributed by atoms with Crippen LogP contribution in [0.5, 0.6) is 0 Å². The smallest absolute Gasteiger partial charge is 0.310 e. The Bertz CT molecular complexity index is 789. The largest absolute Gasteiger partial charge is 1.00 e. The van der Waals surface area contributed by atoms with Crippen LogP contribution in [0.3, 0.4) is 0 Å². The molecule has 1 aliphatic heterocycles. The van der Waals surface area contributed by atoms with Crippen molar-refractivity contribution in [1.82, 2.24) is 9.80 Å². The molecule has 5 heteroatoms. The van der Waals surface area contributed by atoms with Crippen LogP contribution in [0.25, 0.3) is 10.8 Å². The Hall–Kier alpha value is -1.62. The third kappa shape index (κ3) is 5.05. The third-order valence-electron chi connectivity index (χ3n) is 6.12. The van der Waals surface area contributed by atoms with Crippen LogP contribution in [0.2, 0.25) is 0 Å². The lowest BCUT2D eigenvalue weighted by atomic mass is 9.90. The number of likely N-dealkylation sites (N-methyl/N-ethyl adjacent to an activating group) is 1. The van der Waals surface area contributed by atoms with Crippen LogP contribution < -0.4 is 12.4 Å². The number of piperazine rings is 1. The van der Waals surface area contributed by atoms with E-state index in [4.69, 9.17) is 4.74 Å². The first-order valence-corrected chi connectivity index (χ1v) is 10.3. The Labute approximate surface area is 174 Å². The molecule has 2 unspecified atom stereocenters. The average Bonchev–Trinajstić information content (AvgIpc) is 2.69. The number of hydrogen-bond acceptors (Lipinski definition) is 4. The number of carbonyl (C=O) groups excluding carboxylic acids is 1. The van der Waals surface area contributed by atoms with Gasteiger partial charge in [-0.2, -0.15) is 0 Å². The van der Waals surface area contributed by atoms with Gasteiger partial charge in [-0.1, -0.05) is 48.9 Å². The minimum atomic E-state index is -0.0868. The molecular weight excluding hydrogens is 372 g/mol. The molecule has 28 heavy (non-hydrogen) atoms. The highest BCUT2D eigenvalue weighted by atomic mass is 35.5. The van der Waals surface area contributed by atoms with E-state index in [-0.39, 0.29) is 24.5 Å². The van der Waals surface area contributed by atoms with Crippen molar-refractivity contribution in [3.05, 3.63) is 48.0 Å². The van der Waals surface area contributed by atoms with Crippen molar-refractivity contribution < 1.29 is 21.9 Å². The maximum atomic E-state index is 12.6. The van der Waals surface area contributed by atoms with Gasteiger partial charge in [0.25, 0.3) is 0 Å². The molecular formula is C23H30ClN2O2-. The van der Waals surface area contributed by atoms with Gasteiger partial charge in [-0.25, -0.2) is 0 Å². The minimum Gasteiger partial charge on any atom is -1.00 e. The summed E-state index contributed by atoms with van der Waals surface area (Å²) in [4.78, 5) is 17.6. The van der Waals surface area contributed by atoms with Crippen molar-refractivity contribution in [2.24, 2.45) is 0 Å². The molecule has 4 rings (SSSR count). The molecule has 0 radical (unpaired) electrons.